The van der Waals surface area contributed by atoms with Gasteiger partial charge in [0.1, 0.15) is 0 Å². The van der Waals surface area contributed by atoms with Crippen molar-refractivity contribution in [2.75, 3.05) is 6.54 Å². The number of aryl methyl sites for hydroxylation is 3. The molecule has 0 spiro atoms. The van der Waals surface area contributed by atoms with Crippen LogP contribution in [0.2, 0.25) is 10.0 Å². The van der Waals surface area contributed by atoms with Crippen molar-refractivity contribution in [2.24, 2.45) is 0 Å². The van der Waals surface area contributed by atoms with Crippen LogP contribution in [0.1, 0.15) is 23.4 Å². The van der Waals surface area contributed by atoms with Gasteiger partial charge in [0.05, 0.1) is 5.69 Å². The Kier molecular flexibility index (Phi) is 5.46. The van der Waals surface area contributed by atoms with Crippen molar-refractivity contribution >= 4 is 23.2 Å². The molecule has 0 bridgehead atoms. The zero-order chi connectivity index (χ0) is 14.5. The molecule has 0 atom stereocenters. The minimum atomic E-state index is 0.717. The van der Waals surface area contributed by atoms with Gasteiger partial charge >= 0.3 is 0 Å². The molecule has 0 fully saturated rings. The predicted octanol–water partition coefficient (Wildman–Crippen LogP) is 3.99. The van der Waals surface area contributed by atoms with Crippen LogP contribution in [0.25, 0.3) is 0 Å². The number of aromatic nitrogens is 2. The van der Waals surface area contributed by atoms with Crippen molar-refractivity contribution in [3.8, 4) is 0 Å². The third kappa shape index (κ3) is 4.23. The molecular weight excluding hydrogens is 293 g/mol. The van der Waals surface area contributed by atoms with E-state index in [0.717, 1.165) is 42.3 Å². The molecule has 0 amide bonds. The maximum atomic E-state index is 6.12. The van der Waals surface area contributed by atoms with E-state index in [9.17, 15) is 0 Å². The lowest BCUT2D eigenvalue weighted by Gasteiger charge is -2.08. The van der Waals surface area contributed by atoms with Crippen LogP contribution < -0.4 is 5.32 Å². The number of nitrogens with one attached hydrogen (secondary N) is 1. The number of halogens is 2. The average molecular weight is 312 g/mol. The second-order valence-electron chi connectivity index (χ2n) is 4.92. The average Bonchev–Trinajstić information content (AvgIpc) is 2.71. The number of hydrogen-bond donors (Lipinski definition) is 1. The summed E-state index contributed by atoms with van der Waals surface area (Å²) in [5.41, 5.74) is 3.31. The Hall–Kier alpha value is -1.03. The van der Waals surface area contributed by atoms with Crippen molar-refractivity contribution in [3.05, 3.63) is 51.3 Å². The van der Waals surface area contributed by atoms with Gasteiger partial charge in [-0.3, -0.25) is 4.68 Å². The lowest BCUT2D eigenvalue weighted by molar-refractivity contribution is 0.532. The van der Waals surface area contributed by atoms with Crippen LogP contribution in [0.4, 0.5) is 0 Å². The van der Waals surface area contributed by atoms with E-state index < -0.39 is 0 Å². The fourth-order valence-corrected chi connectivity index (χ4v) is 2.54. The van der Waals surface area contributed by atoms with Crippen molar-refractivity contribution in [2.45, 2.75) is 33.4 Å². The van der Waals surface area contributed by atoms with Crippen molar-refractivity contribution in [1.82, 2.24) is 15.1 Å². The monoisotopic (exact) mass is 311 g/mol. The second-order valence-corrected chi connectivity index (χ2v) is 5.76. The molecule has 0 saturated heterocycles. The highest BCUT2D eigenvalue weighted by Crippen LogP contribution is 2.20. The lowest BCUT2D eigenvalue weighted by Crippen LogP contribution is -2.17. The largest absolute Gasteiger partial charge is 0.313 e. The fraction of sp³-hybridized carbons (Fsp3) is 0.400. The molecule has 2 aromatic rings. The van der Waals surface area contributed by atoms with Crippen molar-refractivity contribution in [3.63, 3.8) is 0 Å². The molecule has 1 heterocycles. The second kappa shape index (κ2) is 7.11. The van der Waals surface area contributed by atoms with Gasteiger partial charge in [0, 0.05) is 28.8 Å². The molecule has 0 unspecified atom stereocenters. The molecule has 1 N–H and O–H groups in total. The molecular formula is C15H19Cl2N3. The first-order chi connectivity index (χ1) is 9.56. The molecule has 20 heavy (non-hydrogen) atoms. The molecule has 0 aliphatic heterocycles. The highest BCUT2D eigenvalue weighted by atomic mass is 35.5. The first kappa shape index (κ1) is 15.4. The van der Waals surface area contributed by atoms with Gasteiger partial charge in [-0.15, -0.1) is 0 Å². The molecule has 108 valence electrons. The fourth-order valence-electron chi connectivity index (χ4n) is 2.16. The first-order valence-electron chi connectivity index (χ1n) is 6.72. The SMILES string of the molecule is Cc1cc(C)n(CCCNCc2cc(Cl)ccc2Cl)n1. The lowest BCUT2D eigenvalue weighted by atomic mass is 10.2. The Balaban J connectivity index is 1.74. The number of benzene rings is 1. The molecule has 1 aromatic heterocycles. The van der Waals surface area contributed by atoms with Crippen LogP contribution >= 0.6 is 23.2 Å². The number of hydrogen-bond acceptors (Lipinski definition) is 2. The van der Waals surface area contributed by atoms with Gasteiger partial charge in [0.2, 0.25) is 0 Å². The van der Waals surface area contributed by atoms with Crippen LogP contribution in [-0.4, -0.2) is 16.3 Å². The van der Waals surface area contributed by atoms with E-state index >= 15 is 0 Å². The predicted molar refractivity (Wildman–Crippen MR) is 84.5 cm³/mol. The zero-order valence-corrected chi connectivity index (χ0v) is 13.3. The molecule has 1 aromatic carbocycles. The first-order valence-corrected chi connectivity index (χ1v) is 7.47. The Morgan fingerprint density at radius 2 is 2.00 bits per heavy atom. The molecule has 0 radical (unpaired) electrons. The van der Waals surface area contributed by atoms with E-state index in [0.29, 0.717) is 5.02 Å². The summed E-state index contributed by atoms with van der Waals surface area (Å²) < 4.78 is 2.05. The van der Waals surface area contributed by atoms with Crippen LogP contribution in [-0.2, 0) is 13.1 Å². The summed E-state index contributed by atoms with van der Waals surface area (Å²) in [6.07, 6.45) is 1.03. The quantitative estimate of drug-likeness (QED) is 0.818. The van der Waals surface area contributed by atoms with Gasteiger partial charge in [0.25, 0.3) is 0 Å². The molecule has 3 nitrogen and oxygen atoms in total. The van der Waals surface area contributed by atoms with Crippen molar-refractivity contribution < 1.29 is 0 Å². The van der Waals surface area contributed by atoms with E-state index in [-0.39, 0.29) is 0 Å². The normalized spacial score (nSPS) is 11.0. The highest BCUT2D eigenvalue weighted by Gasteiger charge is 2.02. The van der Waals surface area contributed by atoms with Crippen LogP contribution in [0, 0.1) is 13.8 Å². The molecule has 0 aliphatic rings. The zero-order valence-electron chi connectivity index (χ0n) is 11.8. The summed E-state index contributed by atoms with van der Waals surface area (Å²) in [6, 6.07) is 7.63. The molecule has 0 saturated carbocycles. The summed E-state index contributed by atoms with van der Waals surface area (Å²) in [7, 11) is 0. The topological polar surface area (TPSA) is 29.9 Å². The van der Waals surface area contributed by atoms with Gasteiger partial charge in [0.15, 0.2) is 0 Å². The Morgan fingerprint density at radius 1 is 1.20 bits per heavy atom. The van der Waals surface area contributed by atoms with E-state index in [1.807, 2.05) is 23.7 Å². The van der Waals surface area contributed by atoms with Crippen LogP contribution in [0.15, 0.2) is 24.3 Å². The van der Waals surface area contributed by atoms with Crippen molar-refractivity contribution in [1.29, 1.82) is 0 Å². The number of nitrogens with zero attached hydrogens (tertiary/aromatic N) is 2. The summed E-state index contributed by atoms with van der Waals surface area (Å²) in [5, 5.41) is 9.29. The van der Waals surface area contributed by atoms with E-state index in [1.165, 1.54) is 5.69 Å². The summed E-state index contributed by atoms with van der Waals surface area (Å²) in [5.74, 6) is 0. The van der Waals surface area contributed by atoms with Crippen LogP contribution in [0.3, 0.4) is 0 Å². The van der Waals surface area contributed by atoms with Gasteiger partial charge in [-0.1, -0.05) is 23.2 Å². The van der Waals surface area contributed by atoms with E-state index in [2.05, 4.69) is 23.4 Å². The summed E-state index contributed by atoms with van der Waals surface area (Å²) in [6.45, 7) is 6.68. The van der Waals surface area contributed by atoms with Gasteiger partial charge in [-0.05, 0) is 56.6 Å². The van der Waals surface area contributed by atoms with E-state index in [1.54, 1.807) is 6.07 Å². The Bertz CT molecular complexity index is 578. The number of rotatable bonds is 6. The summed E-state index contributed by atoms with van der Waals surface area (Å²) >= 11 is 12.1. The Morgan fingerprint density at radius 3 is 2.70 bits per heavy atom. The van der Waals surface area contributed by atoms with Crippen LogP contribution in [0.5, 0.6) is 0 Å². The summed E-state index contributed by atoms with van der Waals surface area (Å²) in [4.78, 5) is 0. The minimum Gasteiger partial charge on any atom is -0.313 e. The molecule has 0 aliphatic carbocycles. The molecule has 5 heteroatoms. The standard InChI is InChI=1S/C15H19Cl2N3/c1-11-8-12(2)20(19-11)7-3-6-18-10-13-9-14(16)4-5-15(13)17/h4-5,8-9,18H,3,6-7,10H2,1-2H3. The minimum absolute atomic E-state index is 0.717. The van der Waals surface area contributed by atoms with Gasteiger partial charge < -0.3 is 5.32 Å². The van der Waals surface area contributed by atoms with E-state index in [4.69, 9.17) is 23.2 Å². The maximum Gasteiger partial charge on any atom is 0.0596 e. The third-order valence-electron chi connectivity index (χ3n) is 3.15. The molecule has 2 rings (SSSR count). The smallest absolute Gasteiger partial charge is 0.0596 e. The maximum absolute atomic E-state index is 6.12. The third-order valence-corrected chi connectivity index (χ3v) is 3.75. The highest BCUT2D eigenvalue weighted by molar-refractivity contribution is 6.33. The van der Waals surface area contributed by atoms with Gasteiger partial charge in [-0.2, -0.15) is 5.10 Å². The Labute approximate surface area is 129 Å². The van der Waals surface area contributed by atoms with Gasteiger partial charge in [-0.25, -0.2) is 0 Å².